The Balaban J connectivity index is 1.92. The molecule has 7 heteroatoms. The molecule has 1 N–H and O–H groups in total. The van der Waals surface area contributed by atoms with E-state index in [0.717, 1.165) is 24.0 Å². The van der Waals surface area contributed by atoms with Gasteiger partial charge in [-0.3, -0.25) is 15.1 Å². The first kappa shape index (κ1) is 15.0. The van der Waals surface area contributed by atoms with Crippen LogP contribution in [0.3, 0.4) is 0 Å². The lowest BCUT2D eigenvalue weighted by molar-refractivity contribution is -0.383. The van der Waals surface area contributed by atoms with Gasteiger partial charge in [0.2, 0.25) is 0 Å². The number of hydrogen-bond donors (Lipinski definition) is 1. The van der Waals surface area contributed by atoms with Gasteiger partial charge < -0.3 is 10.2 Å². The lowest BCUT2D eigenvalue weighted by Gasteiger charge is -2.16. The second-order valence-corrected chi connectivity index (χ2v) is 5.36. The lowest BCUT2D eigenvalue weighted by atomic mass is 10.1. The van der Waals surface area contributed by atoms with Crippen LogP contribution in [0.15, 0.2) is 42.7 Å². The highest BCUT2D eigenvalue weighted by atomic mass is 16.6. The van der Waals surface area contributed by atoms with Gasteiger partial charge in [-0.1, -0.05) is 6.07 Å². The molecule has 2 amide bonds. The van der Waals surface area contributed by atoms with E-state index in [-0.39, 0.29) is 17.4 Å². The largest absolute Gasteiger partial charge is 0.325 e. The second-order valence-electron chi connectivity index (χ2n) is 5.36. The van der Waals surface area contributed by atoms with Crippen LogP contribution in [0.4, 0.5) is 16.2 Å². The summed E-state index contributed by atoms with van der Waals surface area (Å²) < 4.78 is 0. The van der Waals surface area contributed by atoms with E-state index in [0.29, 0.717) is 13.1 Å². The Kier molecular flexibility index (Phi) is 4.18. The number of nitrogens with one attached hydrogen (secondary N) is 1. The maximum atomic E-state index is 12.2. The average Bonchev–Trinajstić information content (AvgIpc) is 3.10. The molecule has 2 aromatic rings. The van der Waals surface area contributed by atoms with Crippen LogP contribution in [0.5, 0.6) is 0 Å². The monoisotopic (exact) mass is 312 g/mol. The van der Waals surface area contributed by atoms with Crippen molar-refractivity contribution in [3.63, 3.8) is 0 Å². The number of amides is 2. The lowest BCUT2D eigenvalue weighted by Crippen LogP contribution is -2.32. The van der Waals surface area contributed by atoms with E-state index in [1.807, 2.05) is 6.07 Å². The Labute approximate surface area is 133 Å². The van der Waals surface area contributed by atoms with Crippen LogP contribution >= 0.6 is 0 Å². The van der Waals surface area contributed by atoms with Crippen molar-refractivity contribution in [2.45, 2.75) is 12.8 Å². The molecule has 1 aromatic heterocycles. The van der Waals surface area contributed by atoms with Gasteiger partial charge in [-0.15, -0.1) is 0 Å². The van der Waals surface area contributed by atoms with Gasteiger partial charge in [0.1, 0.15) is 5.69 Å². The average molecular weight is 312 g/mol. The van der Waals surface area contributed by atoms with Gasteiger partial charge in [-0.2, -0.15) is 0 Å². The van der Waals surface area contributed by atoms with Crippen molar-refractivity contribution in [3.05, 3.63) is 52.8 Å². The third kappa shape index (κ3) is 3.28. The minimum absolute atomic E-state index is 0.120. The Morgan fingerprint density at radius 3 is 2.65 bits per heavy atom. The zero-order valence-corrected chi connectivity index (χ0v) is 12.4. The Morgan fingerprint density at radius 2 is 2.00 bits per heavy atom. The number of nitro groups is 1. The molecule has 0 spiro atoms. The van der Waals surface area contributed by atoms with E-state index >= 15 is 0 Å². The van der Waals surface area contributed by atoms with Gasteiger partial charge in [-0.25, -0.2) is 4.79 Å². The van der Waals surface area contributed by atoms with Gasteiger partial charge in [-0.05, 0) is 36.6 Å². The molecule has 0 radical (unpaired) electrons. The number of hydrogen-bond acceptors (Lipinski definition) is 4. The molecule has 1 aliphatic rings. The van der Waals surface area contributed by atoms with Crippen molar-refractivity contribution in [1.29, 1.82) is 0 Å². The number of urea groups is 1. The molecule has 7 nitrogen and oxygen atoms in total. The number of nitro benzene ring substituents is 1. The molecule has 1 saturated heterocycles. The van der Waals surface area contributed by atoms with Crippen LogP contribution in [0.25, 0.3) is 11.1 Å². The second kappa shape index (κ2) is 6.43. The molecule has 1 aliphatic heterocycles. The topological polar surface area (TPSA) is 88.4 Å². The summed E-state index contributed by atoms with van der Waals surface area (Å²) >= 11 is 0. The van der Waals surface area contributed by atoms with Crippen molar-refractivity contribution in [1.82, 2.24) is 9.88 Å². The molecule has 23 heavy (non-hydrogen) atoms. The zero-order valence-electron chi connectivity index (χ0n) is 12.4. The molecular formula is C16H16N4O3. The molecule has 0 atom stereocenters. The van der Waals surface area contributed by atoms with Crippen molar-refractivity contribution in [2.24, 2.45) is 0 Å². The number of benzene rings is 1. The summed E-state index contributed by atoms with van der Waals surface area (Å²) in [4.78, 5) is 28.6. The third-order valence-electron chi connectivity index (χ3n) is 3.82. The Morgan fingerprint density at radius 1 is 1.22 bits per heavy atom. The first-order valence-corrected chi connectivity index (χ1v) is 7.40. The van der Waals surface area contributed by atoms with Gasteiger partial charge in [0.05, 0.1) is 4.92 Å². The molecule has 1 aromatic carbocycles. The van der Waals surface area contributed by atoms with E-state index in [9.17, 15) is 14.9 Å². The standard InChI is InChI=1S/C16H16N4O3/c21-16(19-8-1-2-9-19)18-14-10-12(5-6-15(14)20(22)23)13-4-3-7-17-11-13/h3-7,10-11H,1-2,8-9H2,(H,18,21). The highest BCUT2D eigenvalue weighted by Gasteiger charge is 2.22. The fourth-order valence-corrected chi connectivity index (χ4v) is 2.62. The molecule has 1 fully saturated rings. The van der Waals surface area contributed by atoms with E-state index < -0.39 is 4.92 Å². The number of nitrogens with zero attached hydrogens (tertiary/aromatic N) is 3. The van der Waals surface area contributed by atoms with E-state index in [4.69, 9.17) is 0 Å². The molecular weight excluding hydrogens is 296 g/mol. The Hall–Kier alpha value is -2.96. The molecule has 0 bridgehead atoms. The molecule has 0 unspecified atom stereocenters. The molecule has 3 rings (SSSR count). The molecule has 0 aliphatic carbocycles. The smallest absolute Gasteiger partial charge is 0.322 e. The van der Waals surface area contributed by atoms with Gasteiger partial charge >= 0.3 is 6.03 Å². The summed E-state index contributed by atoms with van der Waals surface area (Å²) in [7, 11) is 0. The van der Waals surface area contributed by atoms with Crippen LogP contribution in [0, 0.1) is 10.1 Å². The first-order valence-electron chi connectivity index (χ1n) is 7.40. The predicted molar refractivity (Wildman–Crippen MR) is 86.2 cm³/mol. The van der Waals surface area contributed by atoms with Crippen molar-refractivity contribution in [3.8, 4) is 11.1 Å². The molecule has 118 valence electrons. The van der Waals surface area contributed by atoms with Gasteiger partial charge in [0.15, 0.2) is 0 Å². The van der Waals surface area contributed by atoms with E-state index in [1.54, 1.807) is 35.5 Å². The summed E-state index contributed by atoms with van der Waals surface area (Å²) in [6.45, 7) is 1.36. The molecule has 0 saturated carbocycles. The van der Waals surface area contributed by atoms with Crippen molar-refractivity contribution in [2.75, 3.05) is 18.4 Å². The van der Waals surface area contributed by atoms with E-state index in [2.05, 4.69) is 10.3 Å². The predicted octanol–water partition coefficient (Wildman–Crippen LogP) is 3.28. The SMILES string of the molecule is O=C(Nc1cc(-c2cccnc2)ccc1[N+](=O)[O-])N1CCCC1. The van der Waals surface area contributed by atoms with Crippen LogP contribution in [0.2, 0.25) is 0 Å². The Bertz CT molecular complexity index is 727. The van der Waals surface area contributed by atoms with Crippen LogP contribution in [-0.4, -0.2) is 33.9 Å². The third-order valence-corrected chi connectivity index (χ3v) is 3.82. The van der Waals surface area contributed by atoms with Crippen LogP contribution < -0.4 is 5.32 Å². The van der Waals surface area contributed by atoms with Crippen molar-refractivity contribution >= 4 is 17.4 Å². The number of carbonyl (C=O) groups excluding carboxylic acids is 1. The number of pyridine rings is 1. The van der Waals surface area contributed by atoms with E-state index in [1.165, 1.54) is 6.07 Å². The molecule has 2 heterocycles. The fourth-order valence-electron chi connectivity index (χ4n) is 2.62. The van der Waals surface area contributed by atoms with Crippen LogP contribution in [-0.2, 0) is 0 Å². The number of likely N-dealkylation sites (tertiary alicyclic amines) is 1. The highest BCUT2D eigenvalue weighted by Crippen LogP contribution is 2.30. The van der Waals surface area contributed by atoms with Gasteiger partial charge in [0, 0.05) is 37.1 Å². The summed E-state index contributed by atoms with van der Waals surface area (Å²) in [6.07, 6.45) is 5.26. The normalized spacial score (nSPS) is 13.8. The number of anilines is 1. The minimum Gasteiger partial charge on any atom is -0.325 e. The summed E-state index contributed by atoms with van der Waals surface area (Å²) in [6, 6.07) is 8.03. The zero-order chi connectivity index (χ0) is 16.2. The summed E-state index contributed by atoms with van der Waals surface area (Å²) in [5.74, 6) is 0. The highest BCUT2D eigenvalue weighted by molar-refractivity contribution is 5.93. The number of carbonyl (C=O) groups is 1. The number of rotatable bonds is 3. The van der Waals surface area contributed by atoms with Crippen LogP contribution in [0.1, 0.15) is 12.8 Å². The van der Waals surface area contributed by atoms with Crippen molar-refractivity contribution < 1.29 is 9.72 Å². The quantitative estimate of drug-likeness (QED) is 0.695. The minimum atomic E-state index is -0.493. The summed E-state index contributed by atoms with van der Waals surface area (Å²) in [5, 5.41) is 13.9. The maximum absolute atomic E-state index is 12.2. The summed E-state index contributed by atoms with van der Waals surface area (Å²) in [5.41, 5.74) is 1.68. The fraction of sp³-hybridized carbons (Fsp3) is 0.250. The van der Waals surface area contributed by atoms with Gasteiger partial charge in [0.25, 0.3) is 5.69 Å². The first-order chi connectivity index (χ1) is 11.1. The number of aromatic nitrogens is 1. The maximum Gasteiger partial charge on any atom is 0.322 e.